The molecule has 2 N–H and O–H groups in total. The molecule has 2 rings (SSSR count). The molecule has 0 saturated carbocycles. The minimum absolute atomic E-state index is 0.112. The zero-order valence-corrected chi connectivity index (χ0v) is 14.5. The van der Waals surface area contributed by atoms with E-state index in [0.29, 0.717) is 0 Å². The molecule has 1 aliphatic rings. The number of carbonyl (C=O) groups excluding carboxylic acids is 2. The van der Waals surface area contributed by atoms with Crippen molar-refractivity contribution in [2.75, 3.05) is 6.26 Å². The molecule has 0 spiro atoms. The predicted molar refractivity (Wildman–Crippen MR) is 87.7 cm³/mol. The van der Waals surface area contributed by atoms with Crippen LogP contribution in [0.25, 0.3) is 0 Å². The molecule has 1 heterocycles. The number of thioether (sulfide) groups is 1. The third-order valence-electron chi connectivity index (χ3n) is 2.66. The van der Waals surface area contributed by atoms with E-state index in [4.69, 9.17) is 16.3 Å². The van der Waals surface area contributed by atoms with Crippen LogP contribution in [0.15, 0.2) is 28.6 Å². The number of nitrogens with one attached hydrogen (secondary N) is 2. The number of halogens is 1. The maximum Gasteiger partial charge on any atom is 0.308 e. The summed E-state index contributed by atoms with van der Waals surface area (Å²) in [6, 6.07) is 4.21. The highest BCUT2D eigenvalue weighted by atomic mass is 35.5. The van der Waals surface area contributed by atoms with Gasteiger partial charge in [0.1, 0.15) is 9.99 Å². The van der Waals surface area contributed by atoms with Crippen LogP contribution in [-0.4, -0.2) is 32.0 Å². The lowest BCUT2D eigenvalue weighted by Gasteiger charge is -2.14. The molecule has 7 nitrogen and oxygen atoms in total. The number of carbonyl (C=O) groups is 2. The summed E-state index contributed by atoms with van der Waals surface area (Å²) >= 11 is 6.98. The number of ether oxygens (including phenoxy) is 1. The van der Waals surface area contributed by atoms with Crippen LogP contribution in [0, 0.1) is 0 Å². The third-order valence-corrected chi connectivity index (χ3v) is 5.86. The van der Waals surface area contributed by atoms with Gasteiger partial charge in [0.05, 0.1) is 10.6 Å². The molecule has 0 fully saturated rings. The van der Waals surface area contributed by atoms with E-state index in [1.807, 2.05) is 0 Å². The lowest BCUT2D eigenvalue weighted by Crippen LogP contribution is -2.38. The van der Waals surface area contributed by atoms with Crippen LogP contribution in [0.5, 0.6) is 5.75 Å². The molecule has 0 bridgehead atoms. The van der Waals surface area contributed by atoms with Crippen LogP contribution in [0.3, 0.4) is 0 Å². The topological polar surface area (TPSA) is 102 Å². The van der Waals surface area contributed by atoms with Gasteiger partial charge in [-0.3, -0.25) is 9.59 Å². The van der Waals surface area contributed by atoms with E-state index in [-0.39, 0.29) is 20.6 Å². The Morgan fingerprint density at radius 1 is 1.39 bits per heavy atom. The fourth-order valence-corrected chi connectivity index (χ4v) is 3.90. The van der Waals surface area contributed by atoms with E-state index < -0.39 is 27.2 Å². The second-order valence-corrected chi connectivity index (χ2v) is 8.41. The minimum atomic E-state index is -3.33. The Hall–Kier alpha value is -1.71. The second kappa shape index (κ2) is 6.81. The Morgan fingerprint density at radius 3 is 2.61 bits per heavy atom. The summed E-state index contributed by atoms with van der Waals surface area (Å²) in [6.07, 6.45) is 2.42. The van der Waals surface area contributed by atoms with Gasteiger partial charge in [-0.2, -0.15) is 0 Å². The SMILES string of the molecule is CC(=O)Oc1ccc(C(=O)NC2NC=C(S(C)(=O)=O)S2)c(Cl)c1. The van der Waals surface area contributed by atoms with Gasteiger partial charge in [0, 0.05) is 25.4 Å². The van der Waals surface area contributed by atoms with Crippen molar-refractivity contribution >= 4 is 45.1 Å². The monoisotopic (exact) mass is 376 g/mol. The number of sulfone groups is 1. The van der Waals surface area contributed by atoms with E-state index >= 15 is 0 Å². The van der Waals surface area contributed by atoms with Gasteiger partial charge in [-0.05, 0) is 12.1 Å². The van der Waals surface area contributed by atoms with Gasteiger partial charge in [-0.25, -0.2) is 8.42 Å². The zero-order valence-electron chi connectivity index (χ0n) is 12.1. The van der Waals surface area contributed by atoms with Crippen molar-refractivity contribution in [2.45, 2.75) is 12.4 Å². The fraction of sp³-hybridized carbons (Fsp3) is 0.231. The summed E-state index contributed by atoms with van der Waals surface area (Å²) in [6.45, 7) is 1.25. The van der Waals surface area contributed by atoms with Crippen molar-refractivity contribution in [1.82, 2.24) is 10.6 Å². The lowest BCUT2D eigenvalue weighted by atomic mass is 10.2. The number of rotatable bonds is 4. The number of amides is 1. The maximum absolute atomic E-state index is 12.2. The molecule has 0 saturated heterocycles. The normalized spacial score (nSPS) is 17.2. The Morgan fingerprint density at radius 2 is 2.09 bits per heavy atom. The van der Waals surface area contributed by atoms with Gasteiger partial charge >= 0.3 is 5.97 Å². The Balaban J connectivity index is 2.04. The molecule has 0 aromatic heterocycles. The van der Waals surface area contributed by atoms with Crippen LogP contribution in [-0.2, 0) is 14.6 Å². The average Bonchev–Trinajstić information content (AvgIpc) is 2.86. The van der Waals surface area contributed by atoms with Crippen molar-refractivity contribution in [3.8, 4) is 5.75 Å². The van der Waals surface area contributed by atoms with Crippen molar-refractivity contribution in [3.63, 3.8) is 0 Å². The average molecular weight is 377 g/mol. The van der Waals surface area contributed by atoms with Gasteiger partial charge in [0.25, 0.3) is 5.91 Å². The molecule has 124 valence electrons. The van der Waals surface area contributed by atoms with Crippen LogP contribution in [0.4, 0.5) is 0 Å². The van der Waals surface area contributed by atoms with Gasteiger partial charge in [0.2, 0.25) is 0 Å². The molecule has 0 radical (unpaired) electrons. The lowest BCUT2D eigenvalue weighted by molar-refractivity contribution is -0.131. The highest BCUT2D eigenvalue weighted by Gasteiger charge is 2.26. The quantitative estimate of drug-likeness (QED) is 0.605. The molecular weight excluding hydrogens is 364 g/mol. The molecule has 1 unspecified atom stereocenters. The Bertz CT molecular complexity index is 792. The number of hydrogen-bond donors (Lipinski definition) is 2. The molecule has 1 amide bonds. The minimum Gasteiger partial charge on any atom is -0.427 e. The largest absolute Gasteiger partial charge is 0.427 e. The highest BCUT2D eigenvalue weighted by molar-refractivity contribution is 8.18. The summed E-state index contributed by atoms with van der Waals surface area (Å²) in [4.78, 5) is 23.1. The van der Waals surface area contributed by atoms with E-state index in [1.165, 1.54) is 31.3 Å². The summed E-state index contributed by atoms with van der Waals surface area (Å²) < 4.78 is 27.8. The summed E-state index contributed by atoms with van der Waals surface area (Å²) in [5, 5.41) is 5.46. The summed E-state index contributed by atoms with van der Waals surface area (Å²) in [5.41, 5.74) is -0.436. The van der Waals surface area contributed by atoms with E-state index in [1.54, 1.807) is 0 Å². The number of esters is 1. The second-order valence-electron chi connectivity index (χ2n) is 4.61. The van der Waals surface area contributed by atoms with Crippen molar-refractivity contribution in [1.29, 1.82) is 0 Å². The maximum atomic E-state index is 12.2. The first-order chi connectivity index (χ1) is 10.7. The number of benzene rings is 1. The Kier molecular flexibility index (Phi) is 5.23. The predicted octanol–water partition coefficient (Wildman–Crippen LogP) is 1.46. The van der Waals surface area contributed by atoms with Gasteiger partial charge in [-0.15, -0.1) is 0 Å². The van der Waals surface area contributed by atoms with Crippen LogP contribution < -0.4 is 15.4 Å². The van der Waals surface area contributed by atoms with Crippen molar-refractivity contribution in [2.24, 2.45) is 0 Å². The fourth-order valence-electron chi connectivity index (χ4n) is 1.70. The smallest absolute Gasteiger partial charge is 0.308 e. The van der Waals surface area contributed by atoms with Crippen molar-refractivity contribution in [3.05, 3.63) is 39.2 Å². The van der Waals surface area contributed by atoms with E-state index in [9.17, 15) is 18.0 Å². The van der Waals surface area contributed by atoms with Gasteiger partial charge < -0.3 is 15.4 Å². The van der Waals surface area contributed by atoms with E-state index in [2.05, 4.69) is 10.6 Å². The van der Waals surface area contributed by atoms with E-state index in [0.717, 1.165) is 18.0 Å². The summed E-state index contributed by atoms with van der Waals surface area (Å²) in [7, 11) is -3.33. The molecule has 10 heteroatoms. The molecular formula is C13H13ClN2O5S2. The van der Waals surface area contributed by atoms with Crippen molar-refractivity contribution < 1.29 is 22.7 Å². The molecule has 1 aromatic rings. The van der Waals surface area contributed by atoms with Crippen LogP contribution in [0.2, 0.25) is 5.02 Å². The third kappa shape index (κ3) is 4.63. The van der Waals surface area contributed by atoms with Crippen LogP contribution >= 0.6 is 23.4 Å². The first-order valence-electron chi connectivity index (χ1n) is 6.28. The molecule has 23 heavy (non-hydrogen) atoms. The van der Waals surface area contributed by atoms with Crippen LogP contribution in [0.1, 0.15) is 17.3 Å². The molecule has 1 aliphatic heterocycles. The zero-order chi connectivity index (χ0) is 17.2. The summed E-state index contributed by atoms with van der Waals surface area (Å²) in [5.74, 6) is -0.754. The van der Waals surface area contributed by atoms with Gasteiger partial charge in [0.15, 0.2) is 15.3 Å². The standard InChI is InChI=1S/C13H13ClN2O5S2/c1-7(17)21-8-3-4-9(10(14)5-8)12(18)16-13-15-6-11(22-13)23(2,19)20/h3-6,13,15H,1-2H3,(H,16,18). The first-order valence-corrected chi connectivity index (χ1v) is 9.43. The first kappa shape index (κ1) is 17.6. The molecule has 0 aliphatic carbocycles. The molecule has 1 aromatic carbocycles. The molecule has 1 atom stereocenters. The number of hydrogen-bond acceptors (Lipinski definition) is 7. The highest BCUT2D eigenvalue weighted by Crippen LogP contribution is 2.29. The Labute approximate surface area is 142 Å². The van der Waals surface area contributed by atoms with Gasteiger partial charge in [-0.1, -0.05) is 23.4 Å².